The minimum absolute atomic E-state index is 0.391. The van der Waals surface area contributed by atoms with E-state index in [0.717, 1.165) is 22.6 Å². The second-order valence-corrected chi connectivity index (χ2v) is 5.94. The highest BCUT2D eigenvalue weighted by Gasteiger charge is 2.14. The van der Waals surface area contributed by atoms with Gasteiger partial charge in [0, 0.05) is 25.0 Å². The average Bonchev–Trinajstić information content (AvgIpc) is 2.67. The number of hydrogen-bond donors (Lipinski definition) is 2. The van der Waals surface area contributed by atoms with Crippen LogP contribution in [0.3, 0.4) is 0 Å². The molecule has 0 bridgehead atoms. The van der Waals surface area contributed by atoms with Gasteiger partial charge in [-0.2, -0.15) is 4.98 Å². The van der Waals surface area contributed by atoms with Crippen molar-refractivity contribution in [3.05, 3.63) is 10.9 Å². The minimum Gasteiger partial charge on any atom is -0.392 e. The lowest BCUT2D eigenvalue weighted by atomic mass is 10.3. The van der Waals surface area contributed by atoms with E-state index < -0.39 is 6.10 Å². The Morgan fingerprint density at radius 1 is 1.47 bits per heavy atom. The third-order valence-corrected chi connectivity index (χ3v) is 3.67. The van der Waals surface area contributed by atoms with Crippen molar-refractivity contribution in [2.45, 2.75) is 26.9 Å². The Bertz CT molecular complexity index is 567. The van der Waals surface area contributed by atoms with E-state index in [1.165, 1.54) is 4.88 Å². The molecule has 0 aliphatic heterocycles. The number of aromatic nitrogens is 2. The molecular formula is C13H20N4OS. The molecule has 104 valence electrons. The molecule has 0 saturated heterocycles. The molecule has 19 heavy (non-hydrogen) atoms. The van der Waals surface area contributed by atoms with Crippen molar-refractivity contribution in [2.75, 3.05) is 30.4 Å². The van der Waals surface area contributed by atoms with Gasteiger partial charge in [-0.25, -0.2) is 4.98 Å². The van der Waals surface area contributed by atoms with Gasteiger partial charge in [0.25, 0.3) is 0 Å². The van der Waals surface area contributed by atoms with E-state index in [0.29, 0.717) is 12.5 Å². The van der Waals surface area contributed by atoms with Gasteiger partial charge in [0.1, 0.15) is 10.6 Å². The smallest absolute Gasteiger partial charge is 0.226 e. The number of thiophene rings is 1. The highest BCUT2D eigenvalue weighted by Crippen LogP contribution is 2.31. The van der Waals surface area contributed by atoms with Crippen LogP contribution in [0.25, 0.3) is 10.2 Å². The zero-order valence-electron chi connectivity index (χ0n) is 11.8. The summed E-state index contributed by atoms with van der Waals surface area (Å²) in [6, 6.07) is 2.10. The third kappa shape index (κ3) is 3.13. The van der Waals surface area contributed by atoms with Gasteiger partial charge >= 0.3 is 0 Å². The third-order valence-electron chi connectivity index (χ3n) is 2.73. The molecule has 2 aromatic heterocycles. The quantitative estimate of drug-likeness (QED) is 0.879. The Morgan fingerprint density at radius 3 is 2.84 bits per heavy atom. The van der Waals surface area contributed by atoms with Gasteiger partial charge in [-0.15, -0.1) is 11.3 Å². The number of rotatable bonds is 5. The predicted molar refractivity (Wildman–Crippen MR) is 81.3 cm³/mol. The van der Waals surface area contributed by atoms with Crippen LogP contribution >= 0.6 is 11.3 Å². The first-order valence-electron chi connectivity index (χ1n) is 6.42. The van der Waals surface area contributed by atoms with Crippen molar-refractivity contribution in [3.8, 4) is 0 Å². The highest BCUT2D eigenvalue weighted by atomic mass is 32.1. The molecule has 0 aromatic carbocycles. The molecule has 2 rings (SSSR count). The van der Waals surface area contributed by atoms with Crippen LogP contribution in [-0.4, -0.2) is 41.3 Å². The fourth-order valence-electron chi connectivity index (χ4n) is 2.04. The van der Waals surface area contributed by atoms with Gasteiger partial charge in [0.2, 0.25) is 5.95 Å². The molecule has 0 amide bonds. The van der Waals surface area contributed by atoms with E-state index in [1.807, 2.05) is 18.9 Å². The summed E-state index contributed by atoms with van der Waals surface area (Å²) in [6.45, 7) is 7.20. The molecule has 1 atom stereocenters. The van der Waals surface area contributed by atoms with Crippen molar-refractivity contribution in [1.29, 1.82) is 0 Å². The molecule has 0 aliphatic carbocycles. The van der Waals surface area contributed by atoms with Crippen molar-refractivity contribution in [1.82, 2.24) is 9.97 Å². The van der Waals surface area contributed by atoms with E-state index in [-0.39, 0.29) is 0 Å². The normalized spacial score (nSPS) is 12.7. The Labute approximate surface area is 117 Å². The van der Waals surface area contributed by atoms with Gasteiger partial charge < -0.3 is 15.3 Å². The van der Waals surface area contributed by atoms with Crippen molar-refractivity contribution >= 4 is 33.3 Å². The summed E-state index contributed by atoms with van der Waals surface area (Å²) in [7, 11) is 1.94. The monoisotopic (exact) mass is 280 g/mol. The van der Waals surface area contributed by atoms with Crippen LogP contribution in [0.15, 0.2) is 6.07 Å². The van der Waals surface area contributed by atoms with Crippen LogP contribution < -0.4 is 10.2 Å². The maximum absolute atomic E-state index is 9.54. The lowest BCUT2D eigenvalue weighted by Crippen LogP contribution is -2.28. The van der Waals surface area contributed by atoms with Gasteiger partial charge in [-0.3, -0.25) is 0 Å². The summed E-state index contributed by atoms with van der Waals surface area (Å²) in [6.07, 6.45) is -0.391. The summed E-state index contributed by atoms with van der Waals surface area (Å²) in [5.41, 5.74) is 0. The van der Waals surface area contributed by atoms with E-state index in [1.54, 1.807) is 18.3 Å². The molecule has 0 fully saturated rings. The maximum atomic E-state index is 9.54. The summed E-state index contributed by atoms with van der Waals surface area (Å²) >= 11 is 1.66. The maximum Gasteiger partial charge on any atom is 0.226 e. The molecule has 0 spiro atoms. The number of aryl methyl sites for hydroxylation is 1. The minimum atomic E-state index is -0.391. The summed E-state index contributed by atoms with van der Waals surface area (Å²) in [4.78, 5) is 13.2. The van der Waals surface area contributed by atoms with Crippen LogP contribution in [-0.2, 0) is 0 Å². The predicted octanol–water partition coefficient (Wildman–Crippen LogP) is 2.25. The average molecular weight is 280 g/mol. The van der Waals surface area contributed by atoms with Gasteiger partial charge in [-0.05, 0) is 26.8 Å². The molecule has 1 unspecified atom stereocenters. The fourth-order valence-corrected chi connectivity index (χ4v) is 2.91. The van der Waals surface area contributed by atoms with Crippen LogP contribution in [0.2, 0.25) is 0 Å². The summed E-state index contributed by atoms with van der Waals surface area (Å²) < 4.78 is 0. The van der Waals surface area contributed by atoms with Crippen LogP contribution in [0.4, 0.5) is 11.8 Å². The first kappa shape index (κ1) is 14.0. The van der Waals surface area contributed by atoms with Crippen LogP contribution in [0.5, 0.6) is 0 Å². The topological polar surface area (TPSA) is 61.3 Å². The van der Waals surface area contributed by atoms with Gasteiger partial charge in [-0.1, -0.05) is 0 Å². The Hall–Kier alpha value is -1.40. The largest absolute Gasteiger partial charge is 0.392 e. The number of hydrogen-bond acceptors (Lipinski definition) is 6. The van der Waals surface area contributed by atoms with E-state index >= 15 is 0 Å². The fraction of sp³-hybridized carbons (Fsp3) is 0.538. The molecule has 0 saturated carbocycles. The number of aliphatic hydroxyl groups excluding tert-OH is 1. The molecule has 0 aliphatic rings. The molecule has 2 N–H and O–H groups in total. The van der Waals surface area contributed by atoms with Crippen LogP contribution in [0, 0.1) is 6.92 Å². The zero-order chi connectivity index (χ0) is 14.0. The first-order chi connectivity index (χ1) is 9.01. The Balaban J connectivity index is 2.49. The lowest BCUT2D eigenvalue weighted by molar-refractivity contribution is 0.201. The summed E-state index contributed by atoms with van der Waals surface area (Å²) in [5, 5.41) is 13.7. The molecule has 2 heterocycles. The van der Waals surface area contributed by atoms with Gasteiger partial charge in [0.05, 0.1) is 11.5 Å². The second-order valence-electron chi connectivity index (χ2n) is 4.71. The molecular weight excluding hydrogens is 260 g/mol. The van der Waals surface area contributed by atoms with Crippen molar-refractivity contribution in [3.63, 3.8) is 0 Å². The lowest BCUT2D eigenvalue weighted by Gasteiger charge is -2.21. The van der Waals surface area contributed by atoms with E-state index in [2.05, 4.69) is 28.3 Å². The Kier molecular flexibility index (Phi) is 4.21. The molecule has 6 heteroatoms. The van der Waals surface area contributed by atoms with E-state index in [4.69, 9.17) is 0 Å². The molecule has 5 nitrogen and oxygen atoms in total. The Morgan fingerprint density at radius 2 is 2.21 bits per heavy atom. The standard InChI is InChI=1S/C13H20N4OS/c1-5-14-13-15-11(17(4)7-8(2)18)10-6-9(3)19-12(10)16-13/h6,8,18H,5,7H2,1-4H3,(H,14,15,16). The SMILES string of the molecule is CCNc1nc(N(C)CC(C)O)c2cc(C)sc2n1. The van der Waals surface area contributed by atoms with Gasteiger partial charge in [0.15, 0.2) is 0 Å². The highest BCUT2D eigenvalue weighted by molar-refractivity contribution is 7.18. The van der Waals surface area contributed by atoms with Crippen molar-refractivity contribution < 1.29 is 5.11 Å². The second kappa shape index (κ2) is 5.71. The van der Waals surface area contributed by atoms with Crippen molar-refractivity contribution in [2.24, 2.45) is 0 Å². The molecule has 2 aromatic rings. The number of fused-ring (bicyclic) bond motifs is 1. The number of likely N-dealkylation sites (N-methyl/N-ethyl adjacent to an activating group) is 1. The number of nitrogens with zero attached hydrogens (tertiary/aromatic N) is 3. The molecule has 0 radical (unpaired) electrons. The first-order valence-corrected chi connectivity index (χ1v) is 7.24. The van der Waals surface area contributed by atoms with Crippen LogP contribution in [0.1, 0.15) is 18.7 Å². The number of anilines is 2. The van der Waals surface area contributed by atoms with E-state index in [9.17, 15) is 5.11 Å². The number of aliphatic hydroxyl groups is 1. The number of nitrogens with one attached hydrogen (secondary N) is 1. The summed E-state index contributed by atoms with van der Waals surface area (Å²) in [5.74, 6) is 1.51. The zero-order valence-corrected chi connectivity index (χ0v) is 12.6.